The minimum atomic E-state index is 0.430. The highest BCUT2D eigenvalue weighted by Crippen LogP contribution is 2.26. The molecule has 3 rings (SSSR count). The van der Waals surface area contributed by atoms with Crippen molar-refractivity contribution in [2.45, 2.75) is 46.0 Å². The summed E-state index contributed by atoms with van der Waals surface area (Å²) < 4.78 is 10.6. The lowest BCUT2D eigenvalue weighted by molar-refractivity contribution is -0.0502. The lowest BCUT2D eigenvalue weighted by Crippen LogP contribution is -2.01. The van der Waals surface area contributed by atoms with Crippen molar-refractivity contribution in [2.75, 3.05) is 20.0 Å². The van der Waals surface area contributed by atoms with Gasteiger partial charge in [-0.1, -0.05) is 73.0 Å². The van der Waals surface area contributed by atoms with Gasteiger partial charge in [0.2, 0.25) is 0 Å². The van der Waals surface area contributed by atoms with E-state index in [1.54, 1.807) is 0 Å². The van der Waals surface area contributed by atoms with Gasteiger partial charge in [0.05, 0.1) is 0 Å². The average molecular weight is 377 g/mol. The molecule has 0 N–H and O–H groups in total. The second-order valence-corrected chi connectivity index (χ2v) is 7.45. The zero-order valence-corrected chi connectivity index (χ0v) is 17.2. The van der Waals surface area contributed by atoms with Crippen LogP contribution in [0.2, 0.25) is 0 Å². The molecule has 0 unspecified atom stereocenters. The summed E-state index contributed by atoms with van der Waals surface area (Å²) in [5.41, 5.74) is 5.30. The molecule has 0 saturated heterocycles. The summed E-state index contributed by atoms with van der Waals surface area (Å²) >= 11 is 0. The first-order chi connectivity index (χ1) is 13.8. The predicted octanol–water partition coefficient (Wildman–Crippen LogP) is 6.93. The fraction of sp³-hybridized carbons (Fsp3) is 0.385. The number of rotatable bonds is 11. The van der Waals surface area contributed by atoms with Crippen molar-refractivity contribution < 1.29 is 9.47 Å². The summed E-state index contributed by atoms with van der Waals surface area (Å²) in [5, 5.41) is 2.64. The Labute approximate surface area is 169 Å². The molecule has 0 bridgehead atoms. The summed E-state index contributed by atoms with van der Waals surface area (Å²) in [6.07, 6.45) is 5.97. The Morgan fingerprint density at radius 3 is 2.21 bits per heavy atom. The molecule has 0 aliphatic carbocycles. The van der Waals surface area contributed by atoms with Crippen LogP contribution in [-0.4, -0.2) is 20.0 Å². The van der Waals surface area contributed by atoms with E-state index in [9.17, 15) is 0 Å². The fourth-order valence-electron chi connectivity index (χ4n) is 3.46. The third kappa shape index (κ3) is 6.19. The third-order valence-electron chi connectivity index (χ3n) is 5.16. The van der Waals surface area contributed by atoms with Crippen molar-refractivity contribution in [3.05, 3.63) is 71.8 Å². The molecule has 0 atom stereocenters. The molecular weight excluding hydrogens is 344 g/mol. The second kappa shape index (κ2) is 11.0. The second-order valence-electron chi connectivity index (χ2n) is 7.45. The summed E-state index contributed by atoms with van der Waals surface area (Å²) in [7, 11) is 0. The zero-order chi connectivity index (χ0) is 19.6. The molecule has 2 heteroatoms. The summed E-state index contributed by atoms with van der Waals surface area (Å²) in [6.45, 7) is 6.07. The normalized spacial score (nSPS) is 11.2. The number of benzene rings is 3. The minimum Gasteiger partial charge on any atom is -0.356 e. The summed E-state index contributed by atoms with van der Waals surface area (Å²) in [4.78, 5) is 0. The van der Waals surface area contributed by atoms with E-state index in [-0.39, 0.29) is 0 Å². The van der Waals surface area contributed by atoms with Gasteiger partial charge >= 0.3 is 0 Å². The molecule has 0 aliphatic rings. The predicted molar refractivity (Wildman–Crippen MR) is 119 cm³/mol. The van der Waals surface area contributed by atoms with Gasteiger partial charge in [0.25, 0.3) is 0 Å². The van der Waals surface area contributed by atoms with E-state index in [0.717, 1.165) is 26.1 Å². The molecule has 0 aromatic heterocycles. The monoisotopic (exact) mass is 376 g/mol. The fourth-order valence-corrected chi connectivity index (χ4v) is 3.46. The van der Waals surface area contributed by atoms with Gasteiger partial charge in [0.1, 0.15) is 6.79 Å². The third-order valence-corrected chi connectivity index (χ3v) is 5.16. The van der Waals surface area contributed by atoms with Gasteiger partial charge in [-0.05, 0) is 66.6 Å². The van der Waals surface area contributed by atoms with Gasteiger partial charge in [-0.15, -0.1) is 0 Å². The van der Waals surface area contributed by atoms with Crippen LogP contribution in [0.15, 0.2) is 60.7 Å². The van der Waals surface area contributed by atoms with Crippen LogP contribution in [0, 0.1) is 6.92 Å². The Morgan fingerprint density at radius 1 is 0.679 bits per heavy atom. The number of ether oxygens (including phenoxy) is 2. The first kappa shape index (κ1) is 20.6. The van der Waals surface area contributed by atoms with E-state index < -0.39 is 0 Å². The molecule has 0 fully saturated rings. The molecular formula is C26H32O2. The standard InChI is InChI=1S/C26H32O2/c1-3-27-20-28-17-7-5-4-6-8-22-11-14-26-19-25(16-15-24(26)18-22)23-12-9-21(2)10-13-23/h9-16,18-19H,3-8,17,20H2,1-2H3. The number of unbranched alkanes of at least 4 members (excludes halogenated alkanes) is 3. The smallest absolute Gasteiger partial charge is 0.146 e. The SMILES string of the molecule is CCOCOCCCCCCc1ccc2cc(-c3ccc(C)cc3)ccc2c1. The van der Waals surface area contributed by atoms with Crippen molar-refractivity contribution in [1.29, 1.82) is 0 Å². The van der Waals surface area contributed by atoms with Crippen LogP contribution in [0.1, 0.15) is 43.7 Å². The van der Waals surface area contributed by atoms with Crippen LogP contribution in [-0.2, 0) is 15.9 Å². The van der Waals surface area contributed by atoms with E-state index in [1.807, 2.05) is 6.92 Å². The van der Waals surface area contributed by atoms with Gasteiger partial charge in [-0.2, -0.15) is 0 Å². The molecule has 0 amide bonds. The van der Waals surface area contributed by atoms with Gasteiger partial charge in [-0.25, -0.2) is 0 Å². The molecule has 0 aliphatic heterocycles. The van der Waals surface area contributed by atoms with E-state index in [2.05, 4.69) is 67.6 Å². The maximum atomic E-state index is 5.41. The van der Waals surface area contributed by atoms with Crippen molar-refractivity contribution in [2.24, 2.45) is 0 Å². The average Bonchev–Trinajstić information content (AvgIpc) is 2.72. The van der Waals surface area contributed by atoms with Crippen molar-refractivity contribution in [1.82, 2.24) is 0 Å². The molecule has 0 saturated carbocycles. The first-order valence-electron chi connectivity index (χ1n) is 10.5. The lowest BCUT2D eigenvalue weighted by Gasteiger charge is -2.08. The van der Waals surface area contributed by atoms with Crippen molar-refractivity contribution in [3.63, 3.8) is 0 Å². The molecule has 3 aromatic rings. The highest BCUT2D eigenvalue weighted by Gasteiger charge is 2.02. The molecule has 2 nitrogen and oxygen atoms in total. The highest BCUT2D eigenvalue weighted by molar-refractivity contribution is 5.87. The molecule has 0 spiro atoms. The Balaban J connectivity index is 1.48. The molecule has 148 valence electrons. The van der Waals surface area contributed by atoms with Gasteiger partial charge in [0, 0.05) is 13.2 Å². The number of hydrogen-bond acceptors (Lipinski definition) is 2. The van der Waals surface area contributed by atoms with Crippen LogP contribution < -0.4 is 0 Å². The maximum Gasteiger partial charge on any atom is 0.146 e. The van der Waals surface area contributed by atoms with E-state index in [4.69, 9.17) is 9.47 Å². The van der Waals surface area contributed by atoms with E-state index in [1.165, 1.54) is 52.3 Å². The number of fused-ring (bicyclic) bond motifs is 1. The van der Waals surface area contributed by atoms with E-state index >= 15 is 0 Å². The Hall–Kier alpha value is -2.16. The zero-order valence-electron chi connectivity index (χ0n) is 17.2. The molecule has 0 heterocycles. The minimum absolute atomic E-state index is 0.430. The van der Waals surface area contributed by atoms with Crippen molar-refractivity contribution >= 4 is 10.8 Å². The maximum absolute atomic E-state index is 5.41. The largest absolute Gasteiger partial charge is 0.356 e. The quantitative estimate of drug-likeness (QED) is 0.267. The van der Waals surface area contributed by atoms with Crippen LogP contribution in [0.25, 0.3) is 21.9 Å². The van der Waals surface area contributed by atoms with Gasteiger partial charge in [-0.3, -0.25) is 0 Å². The Kier molecular flexibility index (Phi) is 8.07. The Bertz CT molecular complexity index is 852. The van der Waals surface area contributed by atoms with Crippen LogP contribution in [0.3, 0.4) is 0 Å². The van der Waals surface area contributed by atoms with Crippen LogP contribution >= 0.6 is 0 Å². The van der Waals surface area contributed by atoms with Crippen LogP contribution in [0.5, 0.6) is 0 Å². The molecule has 28 heavy (non-hydrogen) atoms. The number of aryl methyl sites for hydroxylation is 2. The van der Waals surface area contributed by atoms with Gasteiger partial charge < -0.3 is 9.47 Å². The summed E-state index contributed by atoms with van der Waals surface area (Å²) in [5.74, 6) is 0. The summed E-state index contributed by atoms with van der Waals surface area (Å²) in [6, 6.07) is 22.4. The topological polar surface area (TPSA) is 18.5 Å². The molecule has 3 aromatic carbocycles. The van der Waals surface area contributed by atoms with Gasteiger partial charge in [0.15, 0.2) is 0 Å². The highest BCUT2D eigenvalue weighted by atomic mass is 16.7. The molecule has 0 radical (unpaired) electrons. The first-order valence-corrected chi connectivity index (χ1v) is 10.5. The van der Waals surface area contributed by atoms with Crippen molar-refractivity contribution in [3.8, 4) is 11.1 Å². The lowest BCUT2D eigenvalue weighted by atomic mass is 9.98. The van der Waals surface area contributed by atoms with Crippen LogP contribution in [0.4, 0.5) is 0 Å². The Morgan fingerprint density at radius 2 is 1.39 bits per heavy atom. The van der Waals surface area contributed by atoms with E-state index in [0.29, 0.717) is 6.79 Å². The number of hydrogen-bond donors (Lipinski definition) is 0.